The fourth-order valence-corrected chi connectivity index (χ4v) is 6.32. The zero-order valence-corrected chi connectivity index (χ0v) is 28.2. The number of aromatic nitrogens is 1. The van der Waals surface area contributed by atoms with Crippen molar-refractivity contribution in [3.8, 4) is 5.75 Å². The van der Waals surface area contributed by atoms with Gasteiger partial charge in [0.1, 0.15) is 11.8 Å². The van der Waals surface area contributed by atoms with Gasteiger partial charge in [-0.2, -0.15) is 4.98 Å². The number of phenols is 1. The zero-order valence-electron chi connectivity index (χ0n) is 23.8. The molecule has 0 saturated carbocycles. The number of carbonyl (C=O) groups excluding carboxylic acids is 1. The summed E-state index contributed by atoms with van der Waals surface area (Å²) in [6.45, 7) is 8.22. The van der Waals surface area contributed by atoms with Crippen molar-refractivity contribution < 1.29 is 24.2 Å². The van der Waals surface area contributed by atoms with Crippen LogP contribution in [0.15, 0.2) is 33.5 Å². The maximum Gasteiger partial charge on any atom is 0.412 e. The largest absolute Gasteiger partial charge is 0.506 e. The number of halogens is 2. The van der Waals surface area contributed by atoms with Gasteiger partial charge in [0.25, 0.3) is 6.01 Å². The van der Waals surface area contributed by atoms with Crippen LogP contribution in [0.2, 0.25) is 0 Å². The number of rotatable bonds is 10. The molecule has 2 amide bonds. The summed E-state index contributed by atoms with van der Waals surface area (Å²) in [4.78, 5) is 46.2. The summed E-state index contributed by atoms with van der Waals surface area (Å²) in [6, 6.07) is 5.82. The number of carboxylic acid groups (broad SMARTS) is 1. The molecule has 1 heterocycles. The van der Waals surface area contributed by atoms with Crippen molar-refractivity contribution in [2.24, 2.45) is 0 Å². The fourth-order valence-electron chi connectivity index (χ4n) is 4.42. The molecule has 0 unspecified atom stereocenters. The van der Waals surface area contributed by atoms with Gasteiger partial charge in [0.15, 0.2) is 0 Å². The van der Waals surface area contributed by atoms with E-state index in [9.17, 15) is 24.6 Å². The van der Waals surface area contributed by atoms with Crippen molar-refractivity contribution >= 4 is 79.8 Å². The van der Waals surface area contributed by atoms with Crippen molar-refractivity contribution in [3.63, 3.8) is 0 Å². The normalized spacial score (nSPS) is 12.4. The number of aromatic hydroxyl groups is 1. The van der Waals surface area contributed by atoms with Crippen LogP contribution in [0.25, 0.3) is 10.9 Å². The van der Waals surface area contributed by atoms with Crippen LogP contribution in [-0.2, 0) is 11.2 Å². The van der Waals surface area contributed by atoms with Crippen LogP contribution in [0, 0.1) is 14.1 Å². The molecule has 0 radical (unpaired) electrons. The first-order valence-corrected chi connectivity index (χ1v) is 15.1. The Morgan fingerprint density at radius 1 is 1.15 bits per heavy atom. The number of amides is 2. The molecule has 41 heavy (non-hydrogen) atoms. The molecule has 4 N–H and O–H groups in total. The van der Waals surface area contributed by atoms with Gasteiger partial charge < -0.3 is 30.2 Å². The summed E-state index contributed by atoms with van der Waals surface area (Å²) < 4.78 is 6.83. The van der Waals surface area contributed by atoms with Gasteiger partial charge in [-0.3, -0.25) is 9.69 Å². The molecule has 0 aliphatic rings. The highest BCUT2D eigenvalue weighted by atomic mass is 127. The third-order valence-electron chi connectivity index (χ3n) is 6.34. The Balaban J connectivity index is 1.98. The molecule has 3 aromatic rings. The number of nitrogens with one attached hydrogen (secondary N) is 2. The van der Waals surface area contributed by atoms with Crippen LogP contribution in [0.1, 0.15) is 38.3 Å². The molecule has 0 saturated heterocycles. The van der Waals surface area contributed by atoms with Gasteiger partial charge in [-0.1, -0.05) is 0 Å². The number of aryl methyl sites for hydroxylation is 1. The Morgan fingerprint density at radius 3 is 2.34 bits per heavy atom. The first kappa shape index (κ1) is 32.8. The van der Waals surface area contributed by atoms with Crippen LogP contribution >= 0.6 is 45.2 Å². The van der Waals surface area contributed by atoms with Crippen LogP contribution < -0.4 is 21.2 Å². The van der Waals surface area contributed by atoms with Crippen molar-refractivity contribution in [2.75, 3.05) is 37.4 Å². The maximum atomic E-state index is 13.3. The van der Waals surface area contributed by atoms with Gasteiger partial charge in [0, 0.05) is 18.5 Å². The van der Waals surface area contributed by atoms with Gasteiger partial charge >= 0.3 is 11.7 Å². The number of benzene rings is 2. The topological polar surface area (TPSA) is 148 Å². The summed E-state index contributed by atoms with van der Waals surface area (Å²) in [5.74, 6) is -0.113. The van der Waals surface area contributed by atoms with Gasteiger partial charge in [0.2, 0.25) is 5.91 Å². The molecule has 0 aliphatic carbocycles. The van der Waals surface area contributed by atoms with E-state index in [4.69, 9.17) is 4.42 Å². The number of phenolic OH excluding ortho intramolecular Hbond substituents is 1. The predicted octanol–water partition coefficient (Wildman–Crippen LogP) is 4.79. The van der Waals surface area contributed by atoms with Crippen molar-refractivity contribution in [1.82, 2.24) is 15.2 Å². The lowest BCUT2D eigenvalue weighted by Crippen LogP contribution is -2.45. The second kappa shape index (κ2) is 13.5. The fraction of sp³-hybridized carbons (Fsp3) is 0.429. The minimum Gasteiger partial charge on any atom is -0.506 e. The Morgan fingerprint density at radius 2 is 1.78 bits per heavy atom. The number of anilines is 2. The standard InChI is InChI=1S/C28H35I2N5O6/c1-15-21(35(27(39)40)28(2,3)4)9-8-19-22(15)25(38)41-26(32-19)33-20(24(37)31-10-7-11-34(5)6)14-16-12-17(29)23(36)18(30)13-16/h8-9,12-13,20,36H,7,10-11,14H2,1-6H3,(H,31,37)(H,32,33)(H,39,40)/t20-/m0/s1. The Labute approximate surface area is 266 Å². The third-order valence-corrected chi connectivity index (χ3v) is 7.99. The molecule has 0 bridgehead atoms. The van der Waals surface area contributed by atoms with Crippen LogP contribution in [0.5, 0.6) is 5.75 Å². The Hall–Kier alpha value is -2.66. The summed E-state index contributed by atoms with van der Waals surface area (Å²) in [7, 11) is 3.92. The monoisotopic (exact) mass is 791 g/mol. The van der Waals surface area contributed by atoms with E-state index < -0.39 is 23.3 Å². The van der Waals surface area contributed by atoms with E-state index in [1.807, 2.05) is 64.2 Å². The quantitative estimate of drug-likeness (QED) is 0.168. The number of hydrogen-bond acceptors (Lipinski definition) is 8. The molecule has 222 valence electrons. The van der Waals surface area contributed by atoms with E-state index in [0.717, 1.165) is 18.5 Å². The molecule has 0 spiro atoms. The maximum absolute atomic E-state index is 13.3. The van der Waals surface area contributed by atoms with E-state index in [0.29, 0.717) is 30.5 Å². The summed E-state index contributed by atoms with van der Waals surface area (Å²) in [5.41, 5.74) is 0.446. The minimum atomic E-state index is -1.14. The second-order valence-electron chi connectivity index (χ2n) is 11.0. The molecule has 13 heteroatoms. The molecule has 1 atom stereocenters. The number of carbonyl (C=O) groups is 2. The first-order valence-electron chi connectivity index (χ1n) is 12.9. The highest BCUT2D eigenvalue weighted by Crippen LogP contribution is 2.32. The van der Waals surface area contributed by atoms with E-state index >= 15 is 0 Å². The van der Waals surface area contributed by atoms with Gasteiger partial charge in [0.05, 0.1) is 23.7 Å². The molecular formula is C28H35I2N5O6. The number of hydrogen-bond donors (Lipinski definition) is 4. The molecule has 0 fully saturated rings. The van der Waals surface area contributed by atoms with Crippen LogP contribution in [0.4, 0.5) is 16.5 Å². The lowest BCUT2D eigenvalue weighted by Gasteiger charge is -2.34. The van der Waals surface area contributed by atoms with E-state index in [-0.39, 0.29) is 29.5 Å². The lowest BCUT2D eigenvalue weighted by atomic mass is 10.0. The second-order valence-corrected chi connectivity index (χ2v) is 13.3. The first-order chi connectivity index (χ1) is 19.1. The SMILES string of the molecule is Cc1c(N(C(=O)O)C(C)(C)C)ccc2nc(N[C@@H](Cc3cc(I)c(O)c(I)c3)C(=O)NCCCN(C)C)oc(=O)c12. The van der Waals surface area contributed by atoms with Crippen LogP contribution in [0.3, 0.4) is 0 Å². The zero-order chi connectivity index (χ0) is 30.6. The average molecular weight is 791 g/mol. The summed E-state index contributed by atoms with van der Waals surface area (Å²) >= 11 is 4.07. The summed E-state index contributed by atoms with van der Waals surface area (Å²) in [6.07, 6.45) is -0.145. The van der Waals surface area contributed by atoms with Gasteiger partial charge in [-0.05, 0) is 135 Å². The molecule has 2 aromatic carbocycles. The average Bonchev–Trinajstić information content (AvgIpc) is 2.84. The number of fused-ring (bicyclic) bond motifs is 1. The minimum absolute atomic E-state index is 0.128. The highest BCUT2D eigenvalue weighted by Gasteiger charge is 2.30. The molecular weight excluding hydrogens is 756 g/mol. The highest BCUT2D eigenvalue weighted by molar-refractivity contribution is 14.1. The summed E-state index contributed by atoms with van der Waals surface area (Å²) in [5, 5.41) is 26.1. The van der Waals surface area contributed by atoms with Gasteiger partial charge in [-0.25, -0.2) is 9.59 Å². The van der Waals surface area contributed by atoms with Crippen molar-refractivity contribution in [1.29, 1.82) is 0 Å². The third kappa shape index (κ3) is 8.22. The number of nitrogens with zero attached hydrogens (tertiary/aromatic N) is 3. The lowest BCUT2D eigenvalue weighted by molar-refractivity contribution is -0.121. The van der Waals surface area contributed by atoms with Crippen molar-refractivity contribution in [2.45, 2.75) is 52.1 Å². The molecule has 1 aromatic heterocycles. The molecule has 11 nitrogen and oxygen atoms in total. The van der Waals surface area contributed by atoms with E-state index in [1.165, 1.54) is 4.90 Å². The van der Waals surface area contributed by atoms with E-state index in [2.05, 4.69) is 15.6 Å². The smallest absolute Gasteiger partial charge is 0.412 e. The van der Waals surface area contributed by atoms with E-state index in [1.54, 1.807) is 52.0 Å². The Bertz CT molecular complexity index is 1480. The molecule has 0 aliphatic heterocycles. The Kier molecular flexibility index (Phi) is 10.9. The van der Waals surface area contributed by atoms with Crippen LogP contribution in [-0.4, -0.2) is 70.9 Å². The van der Waals surface area contributed by atoms with Gasteiger partial charge in [-0.15, -0.1) is 0 Å². The molecule has 3 rings (SSSR count). The van der Waals surface area contributed by atoms with Crippen molar-refractivity contribution in [3.05, 3.63) is 53.0 Å². The predicted molar refractivity (Wildman–Crippen MR) is 176 cm³/mol.